The van der Waals surface area contributed by atoms with Crippen LogP contribution in [0.2, 0.25) is 5.02 Å². The zero-order valence-electron chi connectivity index (χ0n) is 16.2. The number of halogens is 1. The third-order valence-corrected chi connectivity index (χ3v) is 5.43. The fraction of sp³-hybridized carbons (Fsp3) is 0.261. The first-order valence-corrected chi connectivity index (χ1v) is 9.95. The zero-order chi connectivity index (χ0) is 19.7. The number of nitrogens with two attached hydrogens (primary N) is 1. The van der Waals surface area contributed by atoms with Gasteiger partial charge in [0.05, 0.1) is 12.8 Å². The van der Waals surface area contributed by atoms with Gasteiger partial charge in [0.25, 0.3) is 0 Å². The second-order valence-electron chi connectivity index (χ2n) is 7.08. The number of H-pyrrole nitrogens is 1. The van der Waals surface area contributed by atoms with Crippen molar-refractivity contribution >= 4 is 33.4 Å². The summed E-state index contributed by atoms with van der Waals surface area (Å²) in [5.74, 6) is 0.784. The number of rotatable bonds is 6. The number of aromatic nitrogens is 2. The summed E-state index contributed by atoms with van der Waals surface area (Å²) in [5, 5.41) is 2.99. The van der Waals surface area contributed by atoms with Crippen molar-refractivity contribution in [2.45, 2.75) is 26.2 Å². The normalized spacial score (nSPS) is 11.4. The van der Waals surface area contributed by atoms with Crippen molar-refractivity contribution in [3.05, 3.63) is 58.7 Å². The average molecular weight is 394 g/mol. The summed E-state index contributed by atoms with van der Waals surface area (Å²) >= 11 is 6.30. The maximum absolute atomic E-state index is 6.30. The summed E-state index contributed by atoms with van der Waals surface area (Å²) in [5.41, 5.74) is 12.2. The van der Waals surface area contributed by atoms with Gasteiger partial charge in [-0.2, -0.15) is 0 Å². The number of nitrogens with zero attached hydrogens (tertiary/aromatic N) is 1. The molecule has 2 aromatic carbocycles. The largest absolute Gasteiger partial charge is 0.494 e. The van der Waals surface area contributed by atoms with Crippen LogP contribution in [0.3, 0.4) is 0 Å². The summed E-state index contributed by atoms with van der Waals surface area (Å²) in [7, 11) is 1.68. The summed E-state index contributed by atoms with van der Waals surface area (Å²) in [4.78, 5) is 8.35. The maximum Gasteiger partial charge on any atom is 0.145 e. The molecule has 3 N–H and O–H groups in total. The molecule has 0 unspecified atom stereocenters. The summed E-state index contributed by atoms with van der Waals surface area (Å²) in [6.45, 7) is 2.70. The number of nitrogens with one attached hydrogen (secondary N) is 1. The van der Waals surface area contributed by atoms with Crippen LogP contribution >= 0.6 is 11.6 Å². The molecule has 4 rings (SSSR count). The molecule has 0 fully saturated rings. The van der Waals surface area contributed by atoms with Gasteiger partial charge in [0.2, 0.25) is 0 Å². The number of hydrogen-bond donors (Lipinski definition) is 2. The quantitative estimate of drug-likeness (QED) is 0.417. The van der Waals surface area contributed by atoms with Crippen molar-refractivity contribution < 1.29 is 4.74 Å². The Morgan fingerprint density at radius 2 is 1.93 bits per heavy atom. The molecule has 28 heavy (non-hydrogen) atoms. The van der Waals surface area contributed by atoms with Crippen LogP contribution < -0.4 is 10.5 Å². The molecule has 144 valence electrons. The van der Waals surface area contributed by atoms with Crippen molar-refractivity contribution in [1.29, 1.82) is 0 Å². The van der Waals surface area contributed by atoms with Crippen LogP contribution in [0.15, 0.2) is 42.5 Å². The number of hydrogen-bond acceptors (Lipinski definition) is 3. The smallest absolute Gasteiger partial charge is 0.145 e. The third-order valence-electron chi connectivity index (χ3n) is 5.20. The van der Waals surface area contributed by atoms with Gasteiger partial charge in [-0.3, -0.25) is 0 Å². The molecule has 2 aromatic heterocycles. The monoisotopic (exact) mass is 393 g/mol. The van der Waals surface area contributed by atoms with Crippen LogP contribution in [0.1, 0.15) is 24.1 Å². The van der Waals surface area contributed by atoms with Gasteiger partial charge < -0.3 is 15.5 Å². The molecule has 5 heteroatoms. The van der Waals surface area contributed by atoms with Gasteiger partial charge in [-0.25, -0.2) is 4.98 Å². The highest BCUT2D eigenvalue weighted by atomic mass is 35.5. The van der Waals surface area contributed by atoms with E-state index in [0.29, 0.717) is 6.54 Å². The molecule has 0 saturated carbocycles. The molecule has 0 amide bonds. The van der Waals surface area contributed by atoms with Crippen LogP contribution in [-0.2, 0) is 6.42 Å². The van der Waals surface area contributed by atoms with Gasteiger partial charge in [-0.05, 0) is 74.7 Å². The highest BCUT2D eigenvalue weighted by molar-refractivity contribution is 6.31. The summed E-state index contributed by atoms with van der Waals surface area (Å²) in [6, 6.07) is 14.3. The van der Waals surface area contributed by atoms with E-state index in [1.807, 2.05) is 37.3 Å². The lowest BCUT2D eigenvalue weighted by Crippen LogP contribution is -1.99. The van der Waals surface area contributed by atoms with E-state index in [1.54, 1.807) is 7.11 Å². The molecule has 0 bridgehead atoms. The average Bonchev–Trinajstić information content (AvgIpc) is 3.04. The fourth-order valence-corrected chi connectivity index (χ4v) is 4.00. The van der Waals surface area contributed by atoms with E-state index in [0.717, 1.165) is 63.4 Å². The van der Waals surface area contributed by atoms with Crippen molar-refractivity contribution in [3.63, 3.8) is 0 Å². The molecule has 0 aliphatic rings. The summed E-state index contributed by atoms with van der Waals surface area (Å²) in [6.07, 6.45) is 2.98. The highest BCUT2D eigenvalue weighted by Crippen LogP contribution is 2.38. The van der Waals surface area contributed by atoms with Crippen molar-refractivity contribution in [3.8, 4) is 17.0 Å². The molecular weight excluding hydrogens is 370 g/mol. The number of ether oxygens (including phenoxy) is 1. The molecule has 0 aliphatic carbocycles. The van der Waals surface area contributed by atoms with Crippen LogP contribution in [0, 0.1) is 6.92 Å². The topological polar surface area (TPSA) is 63.9 Å². The number of benzene rings is 2. The minimum atomic E-state index is 0.701. The summed E-state index contributed by atoms with van der Waals surface area (Å²) < 4.78 is 5.55. The van der Waals surface area contributed by atoms with Crippen molar-refractivity contribution in [2.75, 3.05) is 13.7 Å². The first-order valence-electron chi connectivity index (χ1n) is 9.57. The maximum atomic E-state index is 6.30. The van der Waals surface area contributed by atoms with E-state index in [4.69, 9.17) is 27.1 Å². The highest BCUT2D eigenvalue weighted by Gasteiger charge is 2.17. The van der Waals surface area contributed by atoms with E-state index < -0.39 is 0 Å². The molecular formula is C23H24ClN3O. The van der Waals surface area contributed by atoms with Crippen LogP contribution in [0.25, 0.3) is 33.1 Å². The lowest BCUT2D eigenvalue weighted by atomic mass is 9.97. The Labute approximate surface area is 169 Å². The molecule has 0 saturated heterocycles. The van der Waals surface area contributed by atoms with E-state index >= 15 is 0 Å². The molecule has 4 aromatic rings. The Hall–Kier alpha value is -2.56. The lowest BCUT2D eigenvalue weighted by Gasteiger charge is -2.12. The molecule has 0 aliphatic heterocycles. The van der Waals surface area contributed by atoms with Crippen LogP contribution in [-0.4, -0.2) is 23.6 Å². The van der Waals surface area contributed by atoms with Crippen molar-refractivity contribution in [2.24, 2.45) is 5.73 Å². The number of aryl methyl sites for hydroxylation is 2. The standard InChI is InChI=1S/C23H24ClN3O/c1-14-6-8-18-17(9-11-21(28-2)23(18)26-14)22-16(5-3-4-12-25)19-13-15(24)7-10-20(19)27-22/h6-11,13,27H,3-5,12,25H2,1-2H3. The van der Waals surface area contributed by atoms with Gasteiger partial charge in [0, 0.05) is 32.6 Å². The number of aromatic amines is 1. The Morgan fingerprint density at radius 3 is 2.71 bits per heavy atom. The van der Waals surface area contributed by atoms with E-state index in [9.17, 15) is 0 Å². The van der Waals surface area contributed by atoms with E-state index in [-0.39, 0.29) is 0 Å². The van der Waals surface area contributed by atoms with Gasteiger partial charge >= 0.3 is 0 Å². The molecule has 4 nitrogen and oxygen atoms in total. The van der Waals surface area contributed by atoms with Gasteiger partial charge in [-0.15, -0.1) is 0 Å². The van der Waals surface area contributed by atoms with Gasteiger partial charge in [0.15, 0.2) is 0 Å². The Balaban J connectivity index is 1.97. The Bertz CT molecular complexity index is 1150. The zero-order valence-corrected chi connectivity index (χ0v) is 16.9. The van der Waals surface area contributed by atoms with Crippen LogP contribution in [0.4, 0.5) is 0 Å². The Kier molecular flexibility index (Phi) is 5.25. The number of fused-ring (bicyclic) bond motifs is 2. The minimum Gasteiger partial charge on any atom is -0.494 e. The molecule has 0 spiro atoms. The molecule has 0 radical (unpaired) electrons. The van der Waals surface area contributed by atoms with E-state index in [1.165, 1.54) is 10.9 Å². The van der Waals surface area contributed by atoms with Gasteiger partial charge in [-0.1, -0.05) is 17.7 Å². The lowest BCUT2D eigenvalue weighted by molar-refractivity contribution is 0.419. The SMILES string of the molecule is COc1ccc(-c2[nH]c3ccc(Cl)cc3c2CCCCN)c2ccc(C)nc12. The van der Waals surface area contributed by atoms with E-state index in [2.05, 4.69) is 17.1 Å². The van der Waals surface area contributed by atoms with Crippen molar-refractivity contribution in [1.82, 2.24) is 9.97 Å². The van der Waals surface area contributed by atoms with Gasteiger partial charge in [0.1, 0.15) is 11.3 Å². The second-order valence-corrected chi connectivity index (χ2v) is 7.51. The van der Waals surface area contributed by atoms with Crippen LogP contribution in [0.5, 0.6) is 5.75 Å². The predicted octanol–water partition coefficient (Wildman–Crippen LogP) is 5.63. The fourth-order valence-electron chi connectivity index (χ4n) is 3.83. The first-order chi connectivity index (χ1) is 13.6. The first kappa shape index (κ1) is 18.8. The predicted molar refractivity (Wildman–Crippen MR) is 117 cm³/mol. The third kappa shape index (κ3) is 3.34. The second kappa shape index (κ2) is 7.82. The number of pyridine rings is 1. The number of methoxy groups -OCH3 is 1. The molecule has 0 atom stereocenters. The minimum absolute atomic E-state index is 0.701. The Morgan fingerprint density at radius 1 is 1.07 bits per heavy atom. The molecule has 2 heterocycles. The number of unbranched alkanes of at least 4 members (excludes halogenated alkanes) is 1.